The first-order valence-electron chi connectivity index (χ1n) is 16.7. The Morgan fingerprint density at radius 1 is 1.04 bits per heavy atom. The molecule has 2 aliphatic heterocycles. The van der Waals surface area contributed by atoms with E-state index in [-0.39, 0.29) is 44.8 Å². The van der Waals surface area contributed by atoms with Gasteiger partial charge in [-0.1, -0.05) is 29.6 Å². The molecule has 0 spiro atoms. The highest BCUT2D eigenvalue weighted by atomic mass is 35.5. The van der Waals surface area contributed by atoms with E-state index in [2.05, 4.69) is 5.32 Å². The van der Waals surface area contributed by atoms with E-state index < -0.39 is 76.1 Å². The van der Waals surface area contributed by atoms with Crippen molar-refractivity contribution in [3.05, 3.63) is 55.6 Å². The number of sulfone groups is 1. The average Bonchev–Trinajstić information content (AvgIpc) is 3.37. The monoisotopic (exact) mass is 804 g/mol. The van der Waals surface area contributed by atoms with E-state index in [0.717, 1.165) is 17.2 Å². The SMILES string of the molecule is CC(=O)N[C@@H](CCCCC(=N)CS(=O)(=O)c1c(C)c(C)c2c(c1C)CC(C)(C)O2)C(=O)OCCOC(=O)C1=Cc2cc(Cl)cc(Cl)c2O[C@@H]1C(F)(F)F. The van der Waals surface area contributed by atoms with Crippen molar-refractivity contribution in [1.82, 2.24) is 5.32 Å². The minimum absolute atomic E-state index is 0.0140. The Hall–Kier alpha value is -3.82. The normalized spacial score (nSPS) is 16.7. The molecular weight excluding hydrogens is 764 g/mol. The number of nitrogens with one attached hydrogen (secondary N) is 2. The maximum Gasteiger partial charge on any atom is 0.430 e. The van der Waals surface area contributed by atoms with Gasteiger partial charge < -0.3 is 29.7 Å². The number of carbonyl (C=O) groups excluding carboxylic acids is 3. The van der Waals surface area contributed by atoms with E-state index in [0.29, 0.717) is 36.1 Å². The van der Waals surface area contributed by atoms with Gasteiger partial charge in [-0.05, 0) is 88.8 Å². The molecule has 0 saturated heterocycles. The van der Waals surface area contributed by atoms with Crippen molar-refractivity contribution < 1.29 is 54.9 Å². The van der Waals surface area contributed by atoms with Gasteiger partial charge in [-0.2, -0.15) is 13.2 Å². The first-order valence-corrected chi connectivity index (χ1v) is 19.1. The molecule has 0 fully saturated rings. The van der Waals surface area contributed by atoms with Crippen molar-refractivity contribution in [1.29, 1.82) is 5.41 Å². The molecule has 2 atom stereocenters. The molecule has 11 nitrogen and oxygen atoms in total. The van der Waals surface area contributed by atoms with Crippen LogP contribution in [0, 0.1) is 26.2 Å². The molecule has 2 aromatic carbocycles. The molecule has 17 heteroatoms. The van der Waals surface area contributed by atoms with Gasteiger partial charge in [-0.25, -0.2) is 18.0 Å². The largest absolute Gasteiger partial charge is 0.487 e. The summed E-state index contributed by atoms with van der Waals surface area (Å²) >= 11 is 11.9. The highest BCUT2D eigenvalue weighted by Crippen LogP contribution is 2.45. The van der Waals surface area contributed by atoms with Gasteiger partial charge >= 0.3 is 18.1 Å². The van der Waals surface area contributed by atoms with Crippen LogP contribution in [0.4, 0.5) is 13.2 Å². The van der Waals surface area contributed by atoms with Crippen LogP contribution in [-0.2, 0) is 40.1 Å². The summed E-state index contributed by atoms with van der Waals surface area (Å²) in [4.78, 5) is 37.5. The maximum absolute atomic E-state index is 13.8. The maximum atomic E-state index is 13.8. The lowest BCUT2D eigenvalue weighted by molar-refractivity contribution is -0.188. The van der Waals surface area contributed by atoms with Crippen molar-refractivity contribution in [3.8, 4) is 11.5 Å². The molecule has 2 aliphatic rings. The smallest absolute Gasteiger partial charge is 0.430 e. The predicted molar refractivity (Wildman–Crippen MR) is 192 cm³/mol. The van der Waals surface area contributed by atoms with Crippen molar-refractivity contribution in [2.75, 3.05) is 19.0 Å². The number of unbranched alkanes of at least 4 members (excludes halogenated alkanes) is 1. The highest BCUT2D eigenvalue weighted by molar-refractivity contribution is 7.92. The Morgan fingerprint density at radius 3 is 2.34 bits per heavy atom. The predicted octanol–water partition coefficient (Wildman–Crippen LogP) is 6.98. The van der Waals surface area contributed by atoms with Crippen LogP contribution in [0.25, 0.3) is 6.08 Å². The number of rotatable bonds is 14. The van der Waals surface area contributed by atoms with Crippen LogP contribution in [0.3, 0.4) is 0 Å². The second-order valence-corrected chi connectivity index (χ2v) is 16.4. The topological polar surface area (TPSA) is 158 Å². The Kier molecular flexibility index (Phi) is 12.9. The number of halogens is 5. The minimum atomic E-state index is -5.00. The number of fused-ring (bicyclic) bond motifs is 2. The molecule has 4 rings (SSSR count). The lowest BCUT2D eigenvalue weighted by Crippen LogP contribution is -2.41. The van der Waals surface area contributed by atoms with E-state index >= 15 is 0 Å². The van der Waals surface area contributed by atoms with Gasteiger partial charge in [0, 0.05) is 35.2 Å². The minimum Gasteiger partial charge on any atom is -0.487 e. The molecule has 0 bridgehead atoms. The van der Waals surface area contributed by atoms with Crippen LogP contribution in [-0.4, -0.2) is 74.9 Å². The van der Waals surface area contributed by atoms with E-state index in [9.17, 15) is 36.0 Å². The fraction of sp³-hybridized carbons (Fsp3) is 0.500. The molecule has 2 aromatic rings. The lowest BCUT2D eigenvalue weighted by atomic mass is 9.94. The molecule has 0 saturated carbocycles. The van der Waals surface area contributed by atoms with Gasteiger partial charge in [0.1, 0.15) is 36.4 Å². The van der Waals surface area contributed by atoms with Gasteiger partial charge in [0.2, 0.25) is 12.0 Å². The van der Waals surface area contributed by atoms with Gasteiger partial charge in [0.15, 0.2) is 9.84 Å². The number of carbonyl (C=O) groups is 3. The van der Waals surface area contributed by atoms with Gasteiger partial charge in [-0.3, -0.25) is 4.79 Å². The van der Waals surface area contributed by atoms with Gasteiger partial charge in [0.25, 0.3) is 0 Å². The first kappa shape index (κ1) is 41.9. The molecule has 290 valence electrons. The van der Waals surface area contributed by atoms with Crippen LogP contribution < -0.4 is 14.8 Å². The summed E-state index contributed by atoms with van der Waals surface area (Å²) in [5.74, 6) is -2.86. The summed E-state index contributed by atoms with van der Waals surface area (Å²) in [5.41, 5.74) is 1.52. The Bertz CT molecular complexity index is 1960. The summed E-state index contributed by atoms with van der Waals surface area (Å²) in [6.45, 7) is 9.25. The molecule has 2 heterocycles. The lowest BCUT2D eigenvalue weighted by Gasteiger charge is -2.28. The molecule has 0 aromatic heterocycles. The third-order valence-corrected chi connectivity index (χ3v) is 11.3. The summed E-state index contributed by atoms with van der Waals surface area (Å²) in [6, 6.07) is 1.34. The molecule has 0 unspecified atom stereocenters. The number of esters is 2. The summed E-state index contributed by atoms with van der Waals surface area (Å²) in [6.07, 6.45) is -5.35. The van der Waals surface area contributed by atoms with E-state index in [4.69, 9.17) is 47.6 Å². The number of hydrogen-bond acceptors (Lipinski definition) is 10. The van der Waals surface area contributed by atoms with E-state index in [1.807, 2.05) is 20.8 Å². The van der Waals surface area contributed by atoms with Gasteiger partial charge in [-0.15, -0.1) is 0 Å². The molecule has 0 radical (unpaired) electrons. The molecule has 1 amide bonds. The van der Waals surface area contributed by atoms with E-state index in [1.165, 1.54) is 19.1 Å². The van der Waals surface area contributed by atoms with Crippen molar-refractivity contribution >= 4 is 62.7 Å². The van der Waals surface area contributed by atoms with Gasteiger partial charge in [0.05, 0.1) is 21.2 Å². The van der Waals surface area contributed by atoms with Crippen molar-refractivity contribution in [2.45, 2.75) is 102 Å². The number of amides is 1. The standard InChI is InChI=1S/C36H41Cl2F3N2O9S/c1-18-19(2)31(20(3)26-16-35(5,6)52-29(18)26)53(47,48)17-24(42)9-7-8-10-28(43-21(4)44)34(46)50-12-11-49-33(45)25-14-22-13-23(37)15-27(38)30(22)51-32(25)36(39,40)41/h13-15,28,32,42H,7-12,16-17H2,1-6H3,(H,43,44)/t28-,32-/m0/s1. The zero-order valence-electron chi connectivity index (χ0n) is 30.0. The quantitative estimate of drug-likeness (QED) is 0.117. The second-order valence-electron chi connectivity index (χ2n) is 13.7. The Morgan fingerprint density at radius 2 is 1.70 bits per heavy atom. The number of benzene rings is 2. The Balaban J connectivity index is 1.29. The van der Waals surface area contributed by atoms with Crippen LogP contribution in [0.2, 0.25) is 10.0 Å². The van der Waals surface area contributed by atoms with Crippen molar-refractivity contribution in [2.24, 2.45) is 0 Å². The summed E-state index contributed by atoms with van der Waals surface area (Å²) in [5, 5.41) is 10.8. The zero-order chi connectivity index (χ0) is 39.6. The van der Waals surface area contributed by atoms with Crippen molar-refractivity contribution in [3.63, 3.8) is 0 Å². The zero-order valence-corrected chi connectivity index (χ0v) is 32.3. The number of hydrogen-bond donors (Lipinski definition) is 2. The van der Waals surface area contributed by atoms with Crippen LogP contribution >= 0.6 is 23.2 Å². The summed E-state index contributed by atoms with van der Waals surface area (Å²) < 4.78 is 89.6. The third-order valence-electron chi connectivity index (χ3n) is 8.81. The second kappa shape index (κ2) is 16.3. The average molecular weight is 806 g/mol. The molecule has 53 heavy (non-hydrogen) atoms. The molecular formula is C36H41Cl2F3N2O9S. The first-order chi connectivity index (χ1) is 24.5. The van der Waals surface area contributed by atoms with Crippen LogP contribution in [0.15, 0.2) is 22.6 Å². The Labute approximate surface area is 315 Å². The fourth-order valence-corrected chi connectivity index (χ4v) is 8.88. The third kappa shape index (κ3) is 10.0. The highest BCUT2D eigenvalue weighted by Gasteiger charge is 2.49. The van der Waals surface area contributed by atoms with Crippen LogP contribution in [0.1, 0.15) is 74.3 Å². The number of alkyl halides is 3. The van der Waals surface area contributed by atoms with Crippen LogP contribution in [0.5, 0.6) is 11.5 Å². The fourth-order valence-electron chi connectivity index (χ4n) is 6.37. The molecule has 0 aliphatic carbocycles. The summed E-state index contributed by atoms with van der Waals surface area (Å²) in [7, 11) is -3.86. The van der Waals surface area contributed by atoms with E-state index in [1.54, 1.807) is 13.8 Å². The molecule has 2 N–H and O–H groups in total. The number of ether oxygens (including phenoxy) is 4.